The van der Waals surface area contributed by atoms with E-state index in [9.17, 15) is 0 Å². The Kier molecular flexibility index (Phi) is 3.33. The molecule has 0 spiro atoms. The third-order valence-corrected chi connectivity index (χ3v) is 4.08. The molecule has 0 saturated heterocycles. The minimum atomic E-state index is 0.880. The van der Waals surface area contributed by atoms with Gasteiger partial charge in [0.05, 0.1) is 5.69 Å². The Bertz CT molecular complexity index is 638. The summed E-state index contributed by atoms with van der Waals surface area (Å²) in [4.78, 5) is 1.39. The van der Waals surface area contributed by atoms with Crippen LogP contribution >= 0.6 is 11.3 Å². The molecular weight excluding hydrogens is 254 g/mol. The average molecular weight is 269 g/mol. The van der Waals surface area contributed by atoms with Crippen LogP contribution in [0.5, 0.6) is 0 Å². The molecule has 0 saturated carbocycles. The van der Waals surface area contributed by atoms with E-state index in [1.54, 1.807) is 17.5 Å². The highest BCUT2D eigenvalue weighted by atomic mass is 32.1. The molecular formula is C15H15N3S. The van der Waals surface area contributed by atoms with E-state index in [0.29, 0.717) is 0 Å². The zero-order chi connectivity index (χ0) is 13.1. The van der Waals surface area contributed by atoms with E-state index < -0.39 is 0 Å². The molecule has 0 bridgehead atoms. The Hall–Kier alpha value is -2.07. The summed E-state index contributed by atoms with van der Waals surface area (Å²) < 4.78 is 1.85. The van der Waals surface area contributed by atoms with Crippen molar-refractivity contribution in [2.75, 3.05) is 5.32 Å². The maximum absolute atomic E-state index is 4.21. The lowest BCUT2D eigenvalue weighted by Crippen LogP contribution is -1.99. The summed E-state index contributed by atoms with van der Waals surface area (Å²) in [5.41, 5.74) is 3.55. The lowest BCUT2D eigenvalue weighted by molar-refractivity contribution is 0.880. The molecule has 0 fully saturated rings. The van der Waals surface area contributed by atoms with Crippen molar-refractivity contribution in [1.82, 2.24) is 9.78 Å². The molecule has 1 aromatic carbocycles. The zero-order valence-electron chi connectivity index (χ0n) is 10.7. The largest absolute Gasteiger partial charge is 0.380 e. The second-order valence-electron chi connectivity index (χ2n) is 4.38. The van der Waals surface area contributed by atoms with Crippen molar-refractivity contribution in [2.45, 2.75) is 13.5 Å². The number of aryl methyl sites for hydroxylation is 1. The second kappa shape index (κ2) is 5.28. The van der Waals surface area contributed by atoms with Crippen molar-refractivity contribution in [3.05, 3.63) is 64.6 Å². The van der Waals surface area contributed by atoms with Gasteiger partial charge in [0.2, 0.25) is 0 Å². The third kappa shape index (κ3) is 2.69. The number of hydrogen-bond acceptors (Lipinski definition) is 3. The molecule has 0 amide bonds. The highest BCUT2D eigenvalue weighted by Gasteiger charge is 2.00. The molecule has 1 N–H and O–H groups in total. The van der Waals surface area contributed by atoms with Crippen LogP contribution in [0.3, 0.4) is 0 Å². The van der Waals surface area contributed by atoms with E-state index >= 15 is 0 Å². The minimum absolute atomic E-state index is 0.880. The summed E-state index contributed by atoms with van der Waals surface area (Å²) in [6.07, 6.45) is 3.73. The number of thiophene rings is 1. The van der Waals surface area contributed by atoms with Gasteiger partial charge < -0.3 is 5.32 Å². The van der Waals surface area contributed by atoms with E-state index in [1.807, 2.05) is 16.9 Å². The quantitative estimate of drug-likeness (QED) is 0.779. The highest BCUT2D eigenvalue weighted by Crippen LogP contribution is 2.18. The lowest BCUT2D eigenvalue weighted by Gasteiger charge is -2.07. The fourth-order valence-electron chi connectivity index (χ4n) is 1.92. The van der Waals surface area contributed by atoms with Crippen LogP contribution in [0.2, 0.25) is 0 Å². The summed E-state index contributed by atoms with van der Waals surface area (Å²) in [7, 11) is 0. The van der Waals surface area contributed by atoms with Gasteiger partial charge in [-0.2, -0.15) is 5.10 Å². The van der Waals surface area contributed by atoms with Crippen LogP contribution < -0.4 is 5.32 Å². The van der Waals surface area contributed by atoms with Gasteiger partial charge in [-0.1, -0.05) is 0 Å². The van der Waals surface area contributed by atoms with Gasteiger partial charge in [-0.15, -0.1) is 11.3 Å². The van der Waals surface area contributed by atoms with Gasteiger partial charge >= 0.3 is 0 Å². The molecule has 3 rings (SSSR count). The first-order valence-corrected chi connectivity index (χ1v) is 7.08. The van der Waals surface area contributed by atoms with Crippen molar-refractivity contribution in [3.63, 3.8) is 0 Å². The van der Waals surface area contributed by atoms with Crippen LogP contribution in [0.15, 0.2) is 54.2 Å². The summed E-state index contributed by atoms with van der Waals surface area (Å²) in [6.45, 7) is 3.03. The first kappa shape index (κ1) is 12.0. The van der Waals surface area contributed by atoms with Crippen LogP contribution in [0, 0.1) is 6.92 Å². The average Bonchev–Trinajstić information content (AvgIpc) is 3.09. The van der Waals surface area contributed by atoms with Gasteiger partial charge in [0.25, 0.3) is 0 Å². The van der Waals surface area contributed by atoms with Crippen LogP contribution in [-0.4, -0.2) is 9.78 Å². The second-order valence-corrected chi connectivity index (χ2v) is 5.38. The number of aromatic nitrogens is 2. The third-order valence-electron chi connectivity index (χ3n) is 3.06. The van der Waals surface area contributed by atoms with Crippen molar-refractivity contribution < 1.29 is 0 Å². The van der Waals surface area contributed by atoms with Crippen LogP contribution in [0.1, 0.15) is 10.4 Å². The predicted octanol–water partition coefficient (Wildman–Crippen LogP) is 3.85. The van der Waals surface area contributed by atoms with Gasteiger partial charge in [-0.25, -0.2) is 4.68 Å². The molecule has 0 aliphatic rings. The van der Waals surface area contributed by atoms with Crippen molar-refractivity contribution >= 4 is 17.0 Å². The van der Waals surface area contributed by atoms with E-state index in [1.165, 1.54) is 10.4 Å². The fourth-order valence-corrected chi connectivity index (χ4v) is 2.77. The van der Waals surface area contributed by atoms with Gasteiger partial charge in [-0.05, 0) is 54.3 Å². The molecule has 4 heteroatoms. The standard InChI is InChI=1S/C15H15N3S/c1-12-7-10-19-15(12)11-16-13-3-5-14(6-4-13)18-9-2-8-17-18/h2-10,16H,11H2,1H3. The Labute approximate surface area is 116 Å². The van der Waals surface area contributed by atoms with Gasteiger partial charge in [0, 0.05) is 29.5 Å². The summed E-state index contributed by atoms with van der Waals surface area (Å²) in [5.74, 6) is 0. The fraction of sp³-hybridized carbons (Fsp3) is 0.133. The van der Waals surface area contributed by atoms with Gasteiger partial charge in [0.15, 0.2) is 0 Å². The Balaban J connectivity index is 1.68. The highest BCUT2D eigenvalue weighted by molar-refractivity contribution is 7.10. The SMILES string of the molecule is Cc1ccsc1CNc1ccc(-n2cccn2)cc1. The van der Waals surface area contributed by atoms with Gasteiger partial charge in [0.1, 0.15) is 0 Å². The van der Waals surface area contributed by atoms with E-state index in [-0.39, 0.29) is 0 Å². The van der Waals surface area contributed by atoms with Crippen molar-refractivity contribution in [1.29, 1.82) is 0 Å². The minimum Gasteiger partial charge on any atom is -0.380 e. The molecule has 0 aliphatic carbocycles. The Morgan fingerprint density at radius 1 is 1.21 bits per heavy atom. The molecule has 2 heterocycles. The van der Waals surface area contributed by atoms with Crippen molar-refractivity contribution in [3.8, 4) is 5.69 Å². The van der Waals surface area contributed by atoms with Crippen LogP contribution in [0.4, 0.5) is 5.69 Å². The topological polar surface area (TPSA) is 29.9 Å². The van der Waals surface area contributed by atoms with Crippen LogP contribution in [0.25, 0.3) is 5.69 Å². The van der Waals surface area contributed by atoms with E-state index in [4.69, 9.17) is 0 Å². The molecule has 19 heavy (non-hydrogen) atoms. The normalized spacial score (nSPS) is 10.6. The molecule has 3 aromatic rings. The number of benzene rings is 1. The molecule has 2 aromatic heterocycles. The number of nitrogens with zero attached hydrogens (tertiary/aromatic N) is 2. The lowest BCUT2D eigenvalue weighted by atomic mass is 10.2. The Morgan fingerprint density at radius 2 is 2.05 bits per heavy atom. The summed E-state index contributed by atoms with van der Waals surface area (Å²) >= 11 is 1.79. The number of anilines is 1. The number of hydrogen-bond donors (Lipinski definition) is 1. The molecule has 0 radical (unpaired) electrons. The van der Waals surface area contributed by atoms with E-state index in [0.717, 1.165) is 17.9 Å². The maximum Gasteiger partial charge on any atom is 0.0647 e. The molecule has 3 nitrogen and oxygen atoms in total. The number of rotatable bonds is 4. The predicted molar refractivity (Wildman–Crippen MR) is 79.9 cm³/mol. The van der Waals surface area contributed by atoms with E-state index in [2.05, 4.69) is 53.1 Å². The summed E-state index contributed by atoms with van der Waals surface area (Å²) in [5, 5.41) is 9.79. The number of nitrogens with one attached hydrogen (secondary N) is 1. The van der Waals surface area contributed by atoms with Crippen LogP contribution in [-0.2, 0) is 6.54 Å². The van der Waals surface area contributed by atoms with Gasteiger partial charge in [-0.3, -0.25) is 0 Å². The van der Waals surface area contributed by atoms with Crippen molar-refractivity contribution in [2.24, 2.45) is 0 Å². The molecule has 0 aliphatic heterocycles. The molecule has 96 valence electrons. The first-order chi connectivity index (χ1) is 9.33. The summed E-state index contributed by atoms with van der Waals surface area (Å²) in [6, 6.07) is 12.4. The molecule has 0 unspecified atom stereocenters. The monoisotopic (exact) mass is 269 g/mol. The zero-order valence-corrected chi connectivity index (χ0v) is 11.5. The molecule has 0 atom stereocenters. The maximum atomic E-state index is 4.21. The first-order valence-electron chi connectivity index (χ1n) is 6.20. The smallest absolute Gasteiger partial charge is 0.0647 e. The Morgan fingerprint density at radius 3 is 2.68 bits per heavy atom.